The number of benzene rings is 2. The van der Waals surface area contributed by atoms with Crippen LogP contribution in [-0.2, 0) is 11.4 Å². The van der Waals surface area contributed by atoms with Crippen molar-refractivity contribution in [2.75, 3.05) is 0 Å². The van der Waals surface area contributed by atoms with Gasteiger partial charge in [0.15, 0.2) is 0 Å². The summed E-state index contributed by atoms with van der Waals surface area (Å²) in [5.41, 5.74) is 1.56. The minimum absolute atomic E-state index is 0.117. The zero-order chi connectivity index (χ0) is 12.8. The lowest BCUT2D eigenvalue weighted by molar-refractivity contribution is 0.132. The van der Waals surface area contributed by atoms with Crippen LogP contribution in [0.3, 0.4) is 0 Å². The van der Waals surface area contributed by atoms with Crippen LogP contribution in [0.4, 0.5) is 0 Å². The quantitative estimate of drug-likeness (QED) is 0.675. The summed E-state index contributed by atoms with van der Waals surface area (Å²) in [6.45, 7) is 0.388. The average Bonchev–Trinajstić information content (AvgIpc) is 2.40. The van der Waals surface area contributed by atoms with Gasteiger partial charge in [0.1, 0.15) is 12.4 Å². The number of hydrogen-bond acceptors (Lipinski definition) is 3. The molecule has 0 fully saturated rings. The van der Waals surface area contributed by atoms with Crippen molar-refractivity contribution in [2.24, 2.45) is 5.16 Å². The van der Waals surface area contributed by atoms with Crippen LogP contribution in [0.25, 0.3) is 0 Å². The van der Waals surface area contributed by atoms with Crippen LogP contribution in [-0.4, -0.2) is 11.3 Å². The van der Waals surface area contributed by atoms with E-state index in [9.17, 15) is 5.11 Å². The lowest BCUT2D eigenvalue weighted by Crippen LogP contribution is -1.88. The fraction of sp³-hybridized carbons (Fsp3) is 0.0714. The number of oxime groups is 1. The van der Waals surface area contributed by atoms with Crippen LogP contribution in [0, 0.1) is 0 Å². The molecule has 4 heteroatoms. The lowest BCUT2D eigenvalue weighted by Gasteiger charge is -2.00. The molecule has 0 saturated carbocycles. The molecule has 0 bridgehead atoms. The Labute approximate surface area is 110 Å². The van der Waals surface area contributed by atoms with Crippen molar-refractivity contribution in [2.45, 2.75) is 6.61 Å². The first-order valence-electron chi connectivity index (χ1n) is 5.43. The molecule has 0 unspecified atom stereocenters. The Bertz CT molecular complexity index is 541. The highest BCUT2D eigenvalue weighted by atomic mass is 35.5. The largest absolute Gasteiger partial charge is 0.507 e. The fourth-order valence-electron chi connectivity index (χ4n) is 1.41. The first kappa shape index (κ1) is 12.5. The van der Waals surface area contributed by atoms with E-state index in [0.29, 0.717) is 17.2 Å². The molecule has 0 aliphatic heterocycles. The average molecular weight is 262 g/mol. The SMILES string of the molecule is Oc1ccc(Cl)cc1/C=N/OCc1ccccc1. The minimum atomic E-state index is 0.117. The fourth-order valence-corrected chi connectivity index (χ4v) is 1.59. The molecule has 0 aliphatic rings. The summed E-state index contributed by atoms with van der Waals surface area (Å²) < 4.78 is 0. The third-order valence-electron chi connectivity index (χ3n) is 2.33. The van der Waals surface area contributed by atoms with Crippen molar-refractivity contribution in [3.63, 3.8) is 0 Å². The smallest absolute Gasteiger partial charge is 0.142 e. The molecule has 2 rings (SSSR count). The molecule has 0 spiro atoms. The van der Waals surface area contributed by atoms with E-state index in [1.165, 1.54) is 12.3 Å². The molecule has 0 amide bonds. The van der Waals surface area contributed by atoms with Crippen molar-refractivity contribution in [3.05, 3.63) is 64.7 Å². The highest BCUT2D eigenvalue weighted by molar-refractivity contribution is 6.30. The lowest BCUT2D eigenvalue weighted by atomic mass is 10.2. The Morgan fingerprint density at radius 1 is 1.17 bits per heavy atom. The van der Waals surface area contributed by atoms with Crippen LogP contribution < -0.4 is 0 Å². The second-order valence-corrected chi connectivity index (χ2v) is 4.13. The molecule has 0 saturated heterocycles. The highest BCUT2D eigenvalue weighted by Crippen LogP contribution is 2.19. The van der Waals surface area contributed by atoms with Crippen molar-refractivity contribution in [3.8, 4) is 5.75 Å². The third kappa shape index (κ3) is 3.50. The van der Waals surface area contributed by atoms with Gasteiger partial charge in [0.05, 0.1) is 6.21 Å². The summed E-state index contributed by atoms with van der Waals surface area (Å²) in [5, 5.41) is 13.9. The highest BCUT2D eigenvalue weighted by Gasteiger charge is 1.98. The second kappa shape index (κ2) is 6.07. The number of rotatable bonds is 4. The molecule has 2 aromatic carbocycles. The monoisotopic (exact) mass is 261 g/mol. The Kier molecular flexibility index (Phi) is 4.20. The predicted octanol–water partition coefficient (Wildman–Crippen LogP) is 3.60. The molecular formula is C14H12ClNO2. The van der Waals surface area contributed by atoms with Crippen LogP contribution in [0.2, 0.25) is 5.02 Å². The van der Waals surface area contributed by atoms with Gasteiger partial charge in [-0.1, -0.05) is 47.1 Å². The van der Waals surface area contributed by atoms with Gasteiger partial charge in [0.2, 0.25) is 0 Å². The van der Waals surface area contributed by atoms with E-state index < -0.39 is 0 Å². The van der Waals surface area contributed by atoms with Gasteiger partial charge in [-0.2, -0.15) is 0 Å². The van der Waals surface area contributed by atoms with E-state index in [1.807, 2.05) is 30.3 Å². The predicted molar refractivity (Wildman–Crippen MR) is 71.9 cm³/mol. The summed E-state index contributed by atoms with van der Waals surface area (Å²) in [6, 6.07) is 14.5. The zero-order valence-electron chi connectivity index (χ0n) is 9.58. The molecule has 1 N–H and O–H groups in total. The van der Waals surface area contributed by atoms with Gasteiger partial charge in [0, 0.05) is 10.6 Å². The van der Waals surface area contributed by atoms with Crippen LogP contribution in [0.1, 0.15) is 11.1 Å². The van der Waals surface area contributed by atoms with Gasteiger partial charge in [0.25, 0.3) is 0 Å². The Balaban J connectivity index is 1.94. The van der Waals surface area contributed by atoms with E-state index in [1.54, 1.807) is 12.1 Å². The number of phenolic OH excluding ortho intramolecular Hbond substituents is 1. The van der Waals surface area contributed by atoms with Crippen molar-refractivity contribution < 1.29 is 9.94 Å². The normalized spacial score (nSPS) is 10.7. The standard InChI is InChI=1S/C14H12ClNO2/c15-13-6-7-14(17)12(8-13)9-16-18-10-11-4-2-1-3-5-11/h1-9,17H,10H2/b16-9+. The van der Waals surface area contributed by atoms with Gasteiger partial charge >= 0.3 is 0 Å². The number of hydrogen-bond donors (Lipinski definition) is 1. The summed E-state index contributed by atoms with van der Waals surface area (Å²) in [6.07, 6.45) is 1.43. The van der Waals surface area contributed by atoms with Crippen LogP contribution >= 0.6 is 11.6 Å². The summed E-state index contributed by atoms with van der Waals surface area (Å²) >= 11 is 5.81. The number of nitrogens with zero attached hydrogens (tertiary/aromatic N) is 1. The summed E-state index contributed by atoms with van der Waals surface area (Å²) in [4.78, 5) is 5.13. The molecule has 3 nitrogen and oxygen atoms in total. The molecular weight excluding hydrogens is 250 g/mol. The van der Waals surface area contributed by atoms with E-state index in [-0.39, 0.29) is 5.75 Å². The minimum Gasteiger partial charge on any atom is -0.507 e. The van der Waals surface area contributed by atoms with E-state index >= 15 is 0 Å². The van der Waals surface area contributed by atoms with Crippen LogP contribution in [0.15, 0.2) is 53.7 Å². The second-order valence-electron chi connectivity index (χ2n) is 3.70. The maximum Gasteiger partial charge on any atom is 0.142 e. The molecule has 2 aromatic rings. The number of phenols is 1. The van der Waals surface area contributed by atoms with Gasteiger partial charge in [-0.25, -0.2) is 0 Å². The maximum atomic E-state index is 9.55. The van der Waals surface area contributed by atoms with Gasteiger partial charge < -0.3 is 9.94 Å². The van der Waals surface area contributed by atoms with Crippen LogP contribution in [0.5, 0.6) is 5.75 Å². The van der Waals surface area contributed by atoms with Gasteiger partial charge in [-0.05, 0) is 23.8 Å². The first-order chi connectivity index (χ1) is 8.75. The Hall–Kier alpha value is -2.00. The van der Waals surface area contributed by atoms with Crippen molar-refractivity contribution in [1.82, 2.24) is 0 Å². The Morgan fingerprint density at radius 2 is 1.94 bits per heavy atom. The van der Waals surface area contributed by atoms with Crippen molar-refractivity contribution >= 4 is 17.8 Å². The third-order valence-corrected chi connectivity index (χ3v) is 2.57. The topological polar surface area (TPSA) is 41.8 Å². The molecule has 0 atom stereocenters. The molecule has 0 aromatic heterocycles. The molecule has 92 valence electrons. The van der Waals surface area contributed by atoms with E-state index in [0.717, 1.165) is 5.56 Å². The molecule has 0 radical (unpaired) electrons. The molecule has 18 heavy (non-hydrogen) atoms. The zero-order valence-corrected chi connectivity index (χ0v) is 10.3. The number of halogens is 1. The summed E-state index contributed by atoms with van der Waals surface area (Å²) in [5.74, 6) is 0.117. The summed E-state index contributed by atoms with van der Waals surface area (Å²) in [7, 11) is 0. The van der Waals surface area contributed by atoms with Crippen molar-refractivity contribution in [1.29, 1.82) is 0 Å². The van der Waals surface area contributed by atoms with E-state index in [4.69, 9.17) is 16.4 Å². The Morgan fingerprint density at radius 3 is 2.72 bits per heavy atom. The molecule has 0 heterocycles. The maximum absolute atomic E-state index is 9.55. The molecule has 0 aliphatic carbocycles. The first-order valence-corrected chi connectivity index (χ1v) is 5.81. The van der Waals surface area contributed by atoms with Gasteiger partial charge in [-0.15, -0.1) is 0 Å². The van der Waals surface area contributed by atoms with Gasteiger partial charge in [-0.3, -0.25) is 0 Å². The number of aromatic hydroxyl groups is 1. The van der Waals surface area contributed by atoms with E-state index in [2.05, 4.69) is 5.16 Å².